The zero-order valence-corrected chi connectivity index (χ0v) is 9.02. The van der Waals surface area contributed by atoms with Crippen LogP contribution in [0.3, 0.4) is 0 Å². The molecule has 1 heterocycles. The molecule has 0 N–H and O–H groups in total. The second kappa shape index (κ2) is 5.48. The van der Waals surface area contributed by atoms with Crippen LogP contribution in [0.2, 0.25) is 0 Å². The van der Waals surface area contributed by atoms with Gasteiger partial charge in [0.05, 0.1) is 0 Å². The van der Waals surface area contributed by atoms with Gasteiger partial charge < -0.3 is 4.90 Å². The number of hydrogen-bond donors (Lipinski definition) is 0. The van der Waals surface area contributed by atoms with Gasteiger partial charge in [-0.15, -0.1) is 11.6 Å². The second-order valence-corrected chi connectivity index (χ2v) is 4.05. The number of hydrogen-bond acceptors (Lipinski definition) is 1. The Hall–Kier alpha value is -0.240. The third kappa shape index (κ3) is 3.18. The molecule has 1 fully saturated rings. The maximum atomic E-state index is 11.5. The van der Waals surface area contributed by atoms with E-state index in [1.807, 2.05) is 4.90 Å². The minimum atomic E-state index is 0.289. The number of carbonyl (C=O) groups excluding carboxylic acids is 1. The fourth-order valence-electron chi connectivity index (χ4n) is 1.84. The number of amides is 1. The van der Waals surface area contributed by atoms with Crippen LogP contribution in [0.15, 0.2) is 0 Å². The van der Waals surface area contributed by atoms with Crippen molar-refractivity contribution in [1.82, 2.24) is 4.90 Å². The Bertz CT molecular complexity index is 172. The zero-order valence-electron chi connectivity index (χ0n) is 8.26. The molecule has 3 heteroatoms. The van der Waals surface area contributed by atoms with Crippen LogP contribution in [-0.4, -0.2) is 29.8 Å². The van der Waals surface area contributed by atoms with Crippen LogP contribution in [0.5, 0.6) is 0 Å². The van der Waals surface area contributed by atoms with E-state index in [0.717, 1.165) is 38.3 Å². The van der Waals surface area contributed by atoms with E-state index in [9.17, 15) is 4.79 Å². The van der Waals surface area contributed by atoms with E-state index in [0.29, 0.717) is 5.88 Å². The van der Waals surface area contributed by atoms with Crippen LogP contribution in [0, 0.1) is 5.92 Å². The Morgan fingerprint density at radius 2 is 2.31 bits per heavy atom. The minimum absolute atomic E-state index is 0.289. The molecule has 1 saturated heterocycles. The maximum Gasteiger partial charge on any atom is 0.222 e. The van der Waals surface area contributed by atoms with Crippen LogP contribution in [0.4, 0.5) is 0 Å². The van der Waals surface area contributed by atoms with Crippen molar-refractivity contribution in [2.75, 3.05) is 19.0 Å². The predicted molar refractivity (Wildman–Crippen MR) is 54.9 cm³/mol. The number of nitrogens with zero attached hydrogens (tertiary/aromatic N) is 1. The summed E-state index contributed by atoms with van der Waals surface area (Å²) in [6, 6.07) is 0. The van der Waals surface area contributed by atoms with Crippen LogP contribution >= 0.6 is 11.6 Å². The highest BCUT2D eigenvalue weighted by Gasteiger charge is 2.20. The standard InChI is InChI=1S/C10H18ClNO/c1-2-9-3-4-10(13)12(7-5-9)8-6-11/h9H,2-8H2,1H3. The van der Waals surface area contributed by atoms with Gasteiger partial charge in [0, 0.05) is 25.4 Å². The quantitative estimate of drug-likeness (QED) is 0.645. The van der Waals surface area contributed by atoms with Gasteiger partial charge in [-0.05, 0) is 18.8 Å². The lowest BCUT2D eigenvalue weighted by Crippen LogP contribution is -2.32. The highest BCUT2D eigenvalue weighted by molar-refractivity contribution is 6.18. The van der Waals surface area contributed by atoms with Crippen molar-refractivity contribution < 1.29 is 4.79 Å². The van der Waals surface area contributed by atoms with Gasteiger partial charge in [-0.2, -0.15) is 0 Å². The van der Waals surface area contributed by atoms with Gasteiger partial charge in [0.15, 0.2) is 0 Å². The lowest BCUT2D eigenvalue weighted by molar-refractivity contribution is -0.130. The molecule has 76 valence electrons. The molecular formula is C10H18ClNO. The number of halogens is 1. The van der Waals surface area contributed by atoms with Crippen LogP contribution in [-0.2, 0) is 4.79 Å². The molecule has 0 aromatic carbocycles. The molecule has 0 spiro atoms. The Morgan fingerprint density at radius 1 is 1.54 bits per heavy atom. The highest BCUT2D eigenvalue weighted by atomic mass is 35.5. The molecule has 0 radical (unpaired) electrons. The fraction of sp³-hybridized carbons (Fsp3) is 0.900. The topological polar surface area (TPSA) is 20.3 Å². The van der Waals surface area contributed by atoms with Crippen LogP contribution in [0.25, 0.3) is 0 Å². The van der Waals surface area contributed by atoms with Crippen LogP contribution in [0.1, 0.15) is 32.6 Å². The van der Waals surface area contributed by atoms with Gasteiger partial charge in [0.25, 0.3) is 0 Å². The van der Waals surface area contributed by atoms with Gasteiger partial charge in [0.1, 0.15) is 0 Å². The normalized spacial score (nSPS) is 24.6. The summed E-state index contributed by atoms with van der Waals surface area (Å²) >= 11 is 5.63. The Kier molecular flexibility index (Phi) is 4.57. The molecule has 0 bridgehead atoms. The maximum absolute atomic E-state index is 11.5. The first-order chi connectivity index (χ1) is 6.27. The third-order valence-corrected chi connectivity index (χ3v) is 3.03. The molecule has 1 unspecified atom stereocenters. The van der Waals surface area contributed by atoms with Gasteiger partial charge in [-0.25, -0.2) is 0 Å². The molecule has 1 aliphatic heterocycles. The molecule has 1 aliphatic rings. The third-order valence-electron chi connectivity index (χ3n) is 2.86. The number of likely N-dealkylation sites (tertiary alicyclic amines) is 1. The molecule has 0 saturated carbocycles. The fourth-order valence-corrected chi connectivity index (χ4v) is 2.04. The van der Waals surface area contributed by atoms with Crippen molar-refractivity contribution in [2.45, 2.75) is 32.6 Å². The zero-order chi connectivity index (χ0) is 9.68. The van der Waals surface area contributed by atoms with Crippen LogP contribution < -0.4 is 0 Å². The van der Waals surface area contributed by atoms with Gasteiger partial charge >= 0.3 is 0 Å². The van der Waals surface area contributed by atoms with E-state index in [-0.39, 0.29) is 5.91 Å². The SMILES string of the molecule is CCC1CCC(=O)N(CCCl)CC1. The molecule has 1 amide bonds. The summed E-state index contributed by atoms with van der Waals surface area (Å²) in [6.45, 7) is 3.83. The summed E-state index contributed by atoms with van der Waals surface area (Å²) in [5, 5.41) is 0. The highest BCUT2D eigenvalue weighted by Crippen LogP contribution is 2.20. The van der Waals surface area contributed by atoms with E-state index < -0.39 is 0 Å². The minimum Gasteiger partial charge on any atom is -0.341 e. The Labute approximate surface area is 85.2 Å². The van der Waals surface area contributed by atoms with Gasteiger partial charge in [-0.3, -0.25) is 4.79 Å². The summed E-state index contributed by atoms with van der Waals surface area (Å²) in [5.74, 6) is 1.59. The Morgan fingerprint density at radius 3 is 2.92 bits per heavy atom. The summed E-state index contributed by atoms with van der Waals surface area (Å²) in [5.41, 5.74) is 0. The first-order valence-electron chi connectivity index (χ1n) is 5.11. The molecule has 0 aromatic rings. The molecule has 0 aliphatic carbocycles. The van der Waals surface area contributed by atoms with E-state index in [4.69, 9.17) is 11.6 Å². The van der Waals surface area contributed by atoms with E-state index in [2.05, 4.69) is 6.92 Å². The average molecular weight is 204 g/mol. The lowest BCUT2D eigenvalue weighted by Gasteiger charge is -2.19. The van der Waals surface area contributed by atoms with E-state index in [1.165, 1.54) is 6.42 Å². The largest absolute Gasteiger partial charge is 0.341 e. The predicted octanol–water partition coefficient (Wildman–Crippen LogP) is 2.26. The lowest BCUT2D eigenvalue weighted by atomic mass is 9.98. The summed E-state index contributed by atoms with van der Waals surface area (Å²) in [4.78, 5) is 13.4. The van der Waals surface area contributed by atoms with Crippen molar-refractivity contribution in [3.8, 4) is 0 Å². The van der Waals surface area contributed by atoms with E-state index in [1.54, 1.807) is 0 Å². The molecule has 0 aromatic heterocycles. The summed E-state index contributed by atoms with van der Waals surface area (Å²) in [7, 11) is 0. The van der Waals surface area contributed by atoms with Crippen molar-refractivity contribution >= 4 is 17.5 Å². The number of rotatable bonds is 3. The van der Waals surface area contributed by atoms with Gasteiger partial charge in [0.2, 0.25) is 5.91 Å². The number of alkyl halides is 1. The monoisotopic (exact) mass is 203 g/mol. The van der Waals surface area contributed by atoms with Gasteiger partial charge in [-0.1, -0.05) is 13.3 Å². The summed E-state index contributed by atoms with van der Waals surface area (Å²) < 4.78 is 0. The molecule has 1 rings (SSSR count). The van der Waals surface area contributed by atoms with E-state index >= 15 is 0 Å². The molecule has 2 nitrogen and oxygen atoms in total. The Balaban J connectivity index is 2.44. The van der Waals surface area contributed by atoms with Crippen molar-refractivity contribution in [1.29, 1.82) is 0 Å². The molecular weight excluding hydrogens is 186 g/mol. The molecule has 13 heavy (non-hydrogen) atoms. The number of carbonyl (C=O) groups is 1. The first-order valence-corrected chi connectivity index (χ1v) is 5.65. The first kappa shape index (κ1) is 10.8. The van der Waals surface area contributed by atoms with Crippen molar-refractivity contribution in [2.24, 2.45) is 5.92 Å². The van der Waals surface area contributed by atoms with Crippen molar-refractivity contribution in [3.05, 3.63) is 0 Å². The summed E-state index contributed by atoms with van der Waals surface area (Å²) in [6.07, 6.45) is 4.13. The second-order valence-electron chi connectivity index (χ2n) is 3.67. The smallest absolute Gasteiger partial charge is 0.222 e. The average Bonchev–Trinajstić information content (AvgIpc) is 2.31. The van der Waals surface area contributed by atoms with Crippen molar-refractivity contribution in [3.63, 3.8) is 0 Å². The molecule has 1 atom stereocenters.